The molecule has 1 fully saturated rings. The number of nitrogens with two attached hydrogens (primary N) is 1. The van der Waals surface area contributed by atoms with Gasteiger partial charge in [0.1, 0.15) is 11.1 Å². The first-order valence-electron chi connectivity index (χ1n) is 5.25. The molecule has 1 aromatic rings. The highest BCUT2D eigenvalue weighted by Crippen LogP contribution is 2.31. The van der Waals surface area contributed by atoms with Crippen LogP contribution in [0, 0.1) is 6.92 Å². The fraction of sp³-hybridized carbons (Fsp3) is 0.400. The van der Waals surface area contributed by atoms with E-state index in [1.165, 1.54) is 11.1 Å². The molecule has 0 saturated carbocycles. The number of halogens is 1. The van der Waals surface area contributed by atoms with Gasteiger partial charge in [-0.05, 0) is 18.6 Å². The fourth-order valence-electron chi connectivity index (χ4n) is 2.00. The Labute approximate surface area is 104 Å². The van der Waals surface area contributed by atoms with Crippen molar-refractivity contribution in [2.24, 2.45) is 0 Å². The van der Waals surface area contributed by atoms with E-state index in [0.29, 0.717) is 11.3 Å². The molecule has 2 heterocycles. The van der Waals surface area contributed by atoms with Gasteiger partial charge >= 0.3 is 10.2 Å². The van der Waals surface area contributed by atoms with Crippen LogP contribution in [0.25, 0.3) is 0 Å². The van der Waals surface area contributed by atoms with Crippen LogP contribution < -0.4 is 10.6 Å². The normalized spacial score (nSPS) is 20.4. The molecular formula is C10H12FN3O3S. The highest BCUT2D eigenvalue weighted by Gasteiger charge is 2.40. The molecule has 8 heteroatoms. The zero-order chi connectivity index (χ0) is 13.5. The Morgan fingerprint density at radius 2 is 2.22 bits per heavy atom. The summed E-state index contributed by atoms with van der Waals surface area (Å²) in [6.45, 7) is 1.49. The zero-order valence-electron chi connectivity index (χ0n) is 9.63. The predicted octanol–water partition coefficient (Wildman–Crippen LogP) is 0.377. The molecular weight excluding hydrogens is 261 g/mol. The number of aryl methyl sites for hydroxylation is 1. The van der Waals surface area contributed by atoms with Crippen LogP contribution in [-0.2, 0) is 15.0 Å². The van der Waals surface area contributed by atoms with Gasteiger partial charge in [-0.1, -0.05) is 0 Å². The summed E-state index contributed by atoms with van der Waals surface area (Å²) >= 11 is 0. The van der Waals surface area contributed by atoms with E-state index in [1.807, 2.05) is 0 Å². The van der Waals surface area contributed by atoms with Gasteiger partial charge in [-0.2, -0.15) is 8.42 Å². The first-order valence-corrected chi connectivity index (χ1v) is 6.70. The monoisotopic (exact) mass is 273 g/mol. The SMILES string of the molecule is Cc1ccnc(N)c1N1CC(S(=O)(=O)F)CC1=O. The van der Waals surface area contributed by atoms with Gasteiger partial charge in [-0.3, -0.25) is 4.79 Å². The number of carbonyl (C=O) groups excluding carboxylic acids is 1. The van der Waals surface area contributed by atoms with Crippen LogP contribution in [0.3, 0.4) is 0 Å². The van der Waals surface area contributed by atoms with Crippen LogP contribution >= 0.6 is 0 Å². The van der Waals surface area contributed by atoms with Crippen molar-refractivity contribution in [2.75, 3.05) is 17.2 Å². The largest absolute Gasteiger partial charge is 0.382 e. The third kappa shape index (κ3) is 2.15. The Bertz CT molecular complexity index is 582. The molecule has 1 aliphatic rings. The van der Waals surface area contributed by atoms with Crippen molar-refractivity contribution < 1.29 is 17.1 Å². The number of hydrogen-bond donors (Lipinski definition) is 1. The number of rotatable bonds is 2. The Morgan fingerprint density at radius 3 is 2.72 bits per heavy atom. The molecule has 98 valence electrons. The van der Waals surface area contributed by atoms with E-state index >= 15 is 0 Å². The lowest BCUT2D eigenvalue weighted by molar-refractivity contribution is -0.117. The van der Waals surface area contributed by atoms with E-state index < -0.39 is 21.4 Å². The summed E-state index contributed by atoms with van der Waals surface area (Å²) in [6.07, 6.45) is 1.12. The number of amides is 1. The molecule has 0 aliphatic carbocycles. The molecule has 6 nitrogen and oxygen atoms in total. The number of aromatic nitrogens is 1. The minimum Gasteiger partial charge on any atom is -0.382 e. The first-order chi connectivity index (χ1) is 8.30. The summed E-state index contributed by atoms with van der Waals surface area (Å²) in [5.74, 6) is -0.343. The summed E-state index contributed by atoms with van der Waals surface area (Å²) in [4.78, 5) is 16.8. The van der Waals surface area contributed by atoms with E-state index in [9.17, 15) is 17.1 Å². The van der Waals surface area contributed by atoms with Crippen LogP contribution in [0.2, 0.25) is 0 Å². The maximum absolute atomic E-state index is 12.9. The van der Waals surface area contributed by atoms with E-state index in [4.69, 9.17) is 5.73 Å². The molecule has 1 aliphatic heterocycles. The third-order valence-electron chi connectivity index (χ3n) is 2.91. The van der Waals surface area contributed by atoms with Crippen LogP contribution in [0.5, 0.6) is 0 Å². The van der Waals surface area contributed by atoms with Crippen molar-refractivity contribution in [3.63, 3.8) is 0 Å². The van der Waals surface area contributed by atoms with Gasteiger partial charge in [-0.25, -0.2) is 4.98 Å². The minimum atomic E-state index is -4.73. The van der Waals surface area contributed by atoms with E-state index in [1.54, 1.807) is 13.0 Å². The van der Waals surface area contributed by atoms with Gasteiger partial charge in [0, 0.05) is 19.2 Å². The van der Waals surface area contributed by atoms with Crippen molar-refractivity contribution in [2.45, 2.75) is 18.6 Å². The van der Waals surface area contributed by atoms with Crippen molar-refractivity contribution in [1.82, 2.24) is 4.98 Å². The van der Waals surface area contributed by atoms with Crippen LogP contribution in [0.15, 0.2) is 12.3 Å². The third-order valence-corrected chi connectivity index (χ3v) is 4.02. The van der Waals surface area contributed by atoms with E-state index in [0.717, 1.165) is 0 Å². The summed E-state index contributed by atoms with van der Waals surface area (Å²) in [7, 11) is -4.73. The maximum atomic E-state index is 12.9. The molecule has 18 heavy (non-hydrogen) atoms. The molecule has 1 saturated heterocycles. The number of nitrogens with zero attached hydrogens (tertiary/aromatic N) is 2. The summed E-state index contributed by atoms with van der Waals surface area (Å²) in [5.41, 5.74) is 6.71. The molecule has 1 unspecified atom stereocenters. The predicted molar refractivity (Wildman–Crippen MR) is 64.2 cm³/mol. The van der Waals surface area contributed by atoms with E-state index in [-0.39, 0.29) is 18.8 Å². The van der Waals surface area contributed by atoms with Crippen LogP contribution in [0.4, 0.5) is 15.4 Å². The number of nitrogen functional groups attached to an aromatic ring is 1. The molecule has 0 bridgehead atoms. The Kier molecular flexibility index (Phi) is 2.97. The number of pyridine rings is 1. The second-order valence-corrected chi connectivity index (χ2v) is 5.79. The Morgan fingerprint density at radius 1 is 1.56 bits per heavy atom. The fourth-order valence-corrected chi connectivity index (χ4v) is 2.67. The zero-order valence-corrected chi connectivity index (χ0v) is 10.4. The maximum Gasteiger partial charge on any atom is 0.307 e. The highest BCUT2D eigenvalue weighted by molar-refractivity contribution is 7.87. The number of carbonyl (C=O) groups is 1. The molecule has 0 aromatic carbocycles. The molecule has 1 atom stereocenters. The van der Waals surface area contributed by atoms with Crippen LogP contribution in [-0.4, -0.2) is 31.1 Å². The van der Waals surface area contributed by atoms with Gasteiger partial charge < -0.3 is 10.6 Å². The lowest BCUT2D eigenvalue weighted by atomic mass is 10.2. The van der Waals surface area contributed by atoms with Crippen LogP contribution in [0.1, 0.15) is 12.0 Å². The molecule has 2 rings (SSSR count). The van der Waals surface area contributed by atoms with Crippen molar-refractivity contribution in [1.29, 1.82) is 0 Å². The standard InChI is InChI=1S/C10H12FN3O3S/c1-6-2-3-13-10(12)9(6)14-5-7(4-8(14)15)18(11,16)17/h2-3,7H,4-5H2,1H3,(H2,12,13). The lowest BCUT2D eigenvalue weighted by Gasteiger charge is -2.19. The van der Waals surface area contributed by atoms with Crippen molar-refractivity contribution in [3.8, 4) is 0 Å². The minimum absolute atomic E-state index is 0.125. The second kappa shape index (κ2) is 4.20. The highest BCUT2D eigenvalue weighted by atomic mass is 32.3. The second-order valence-electron chi connectivity index (χ2n) is 4.17. The lowest BCUT2D eigenvalue weighted by Crippen LogP contribution is -2.28. The molecule has 1 aromatic heterocycles. The van der Waals surface area contributed by atoms with Gasteiger partial charge in [0.15, 0.2) is 0 Å². The topological polar surface area (TPSA) is 93.4 Å². The summed E-state index contributed by atoms with van der Waals surface area (Å²) < 4.78 is 34.6. The Hall–Kier alpha value is -1.70. The quantitative estimate of drug-likeness (QED) is 0.786. The average Bonchev–Trinajstić information content (AvgIpc) is 2.60. The molecule has 1 amide bonds. The molecule has 0 radical (unpaired) electrons. The van der Waals surface area contributed by atoms with E-state index in [2.05, 4.69) is 4.98 Å². The van der Waals surface area contributed by atoms with Gasteiger partial charge in [0.2, 0.25) is 5.91 Å². The smallest absolute Gasteiger partial charge is 0.307 e. The average molecular weight is 273 g/mol. The molecule has 0 spiro atoms. The summed E-state index contributed by atoms with van der Waals surface area (Å²) in [5, 5.41) is -1.33. The Balaban J connectivity index is 2.39. The number of anilines is 2. The van der Waals surface area contributed by atoms with Gasteiger partial charge in [-0.15, -0.1) is 3.89 Å². The summed E-state index contributed by atoms with van der Waals surface area (Å²) in [6, 6.07) is 1.65. The first kappa shape index (κ1) is 12.7. The van der Waals surface area contributed by atoms with Gasteiger partial charge in [0.25, 0.3) is 0 Å². The molecule has 2 N–H and O–H groups in total. The van der Waals surface area contributed by atoms with Gasteiger partial charge in [0.05, 0.1) is 5.69 Å². The van der Waals surface area contributed by atoms with Crippen molar-refractivity contribution in [3.05, 3.63) is 17.8 Å². The number of hydrogen-bond acceptors (Lipinski definition) is 5. The van der Waals surface area contributed by atoms with Crippen molar-refractivity contribution >= 4 is 27.6 Å².